The van der Waals surface area contributed by atoms with Crippen LogP contribution >= 0.6 is 0 Å². The minimum Gasteiger partial charge on any atom is -0.378 e. The van der Waals surface area contributed by atoms with Crippen molar-refractivity contribution in [3.05, 3.63) is 76.8 Å². The molecule has 0 unspecified atom stereocenters. The van der Waals surface area contributed by atoms with E-state index in [2.05, 4.69) is 76.7 Å². The van der Waals surface area contributed by atoms with Crippen LogP contribution in [0.25, 0.3) is 0 Å². The molecule has 2 aromatic heterocycles. The molecule has 1 aromatic carbocycles. The maximum absolute atomic E-state index is 10.2. The molecule has 9 heteroatoms. The fourth-order valence-electron chi connectivity index (χ4n) is 3.91. The van der Waals surface area contributed by atoms with Gasteiger partial charge in [-0.2, -0.15) is 15.2 Å². The maximum atomic E-state index is 10.2. The van der Waals surface area contributed by atoms with Gasteiger partial charge in [-0.25, -0.2) is 10.4 Å². The van der Waals surface area contributed by atoms with Gasteiger partial charge in [0.1, 0.15) is 5.82 Å². The van der Waals surface area contributed by atoms with Crippen molar-refractivity contribution >= 4 is 24.3 Å². The average Bonchev–Trinajstić information content (AvgIpc) is 3.32. The standard InChI is InChI=1S/C20H27N5O.C6H8N2O.C2H6.C2H4/c1-4-17-18(5-2)22-20(23-19(17)25-9-11-26-12-10-25)24-21-14-16-8-6-7-15(3)13-16;1-4-6(3-9)5(2)8-7-4;2*1-2/h6-8,13-14H,4-5,9-12H2,1-3H3,(H,22,23,24);3H,1-2H3,(H,7,8);1-2H3;1-2H2/b21-14+;;;. The molecule has 1 aliphatic rings. The molecule has 1 saturated heterocycles. The van der Waals surface area contributed by atoms with Crippen molar-refractivity contribution in [2.75, 3.05) is 36.6 Å². The predicted octanol–water partition coefficient (Wildman–Crippen LogP) is 5.86. The molecule has 0 bridgehead atoms. The number of aromatic nitrogens is 4. The third kappa shape index (κ3) is 10.1. The fraction of sp³-hybridized carbons (Fsp3) is 0.433. The van der Waals surface area contributed by atoms with Crippen molar-refractivity contribution in [3.63, 3.8) is 0 Å². The molecule has 0 radical (unpaired) electrons. The molecule has 3 heterocycles. The molecule has 0 aliphatic carbocycles. The van der Waals surface area contributed by atoms with Gasteiger partial charge in [0.15, 0.2) is 6.29 Å². The second-order valence-corrected chi connectivity index (χ2v) is 8.35. The van der Waals surface area contributed by atoms with Crippen LogP contribution in [-0.2, 0) is 17.6 Å². The van der Waals surface area contributed by atoms with Crippen molar-refractivity contribution in [1.82, 2.24) is 20.2 Å². The van der Waals surface area contributed by atoms with Crippen LogP contribution in [-0.4, -0.2) is 59.0 Å². The molecule has 39 heavy (non-hydrogen) atoms. The molecule has 4 rings (SSSR count). The monoisotopic (exact) mass is 535 g/mol. The lowest BCUT2D eigenvalue weighted by atomic mass is 10.1. The highest BCUT2D eigenvalue weighted by molar-refractivity contribution is 5.80. The first-order valence-electron chi connectivity index (χ1n) is 13.5. The van der Waals surface area contributed by atoms with Gasteiger partial charge >= 0.3 is 0 Å². The number of nitrogens with one attached hydrogen (secondary N) is 2. The number of rotatable bonds is 7. The van der Waals surface area contributed by atoms with Crippen molar-refractivity contribution in [2.45, 2.75) is 61.3 Å². The second-order valence-electron chi connectivity index (χ2n) is 8.35. The summed E-state index contributed by atoms with van der Waals surface area (Å²) >= 11 is 0. The van der Waals surface area contributed by atoms with Gasteiger partial charge in [0, 0.05) is 24.3 Å². The number of aryl methyl sites for hydroxylation is 4. The molecular formula is C30H45N7O2. The van der Waals surface area contributed by atoms with Crippen molar-refractivity contribution in [2.24, 2.45) is 5.10 Å². The third-order valence-corrected chi connectivity index (χ3v) is 5.79. The highest BCUT2D eigenvalue weighted by Gasteiger charge is 2.19. The Labute approximate surface area is 233 Å². The predicted molar refractivity (Wildman–Crippen MR) is 162 cm³/mol. The molecule has 1 fully saturated rings. The highest BCUT2D eigenvalue weighted by atomic mass is 16.5. The number of benzene rings is 1. The van der Waals surface area contributed by atoms with Crippen LogP contribution in [0.15, 0.2) is 42.5 Å². The molecule has 1 aliphatic heterocycles. The van der Waals surface area contributed by atoms with E-state index in [1.165, 1.54) is 11.1 Å². The van der Waals surface area contributed by atoms with E-state index >= 15 is 0 Å². The summed E-state index contributed by atoms with van der Waals surface area (Å²) in [6.45, 7) is 23.2. The van der Waals surface area contributed by atoms with Crippen LogP contribution in [0.1, 0.15) is 71.8 Å². The SMILES string of the molecule is C=C.CC.CCc1nc(N/N=C/c2cccc(C)c2)nc(N2CCOCC2)c1CC.Cc1n[nH]c(C)c1C=O. The van der Waals surface area contributed by atoms with Crippen molar-refractivity contribution in [1.29, 1.82) is 0 Å². The molecule has 9 nitrogen and oxygen atoms in total. The van der Waals surface area contributed by atoms with Gasteiger partial charge in [-0.3, -0.25) is 9.89 Å². The number of aromatic amines is 1. The van der Waals surface area contributed by atoms with Gasteiger partial charge in [-0.1, -0.05) is 57.5 Å². The van der Waals surface area contributed by atoms with Crippen LogP contribution in [0.4, 0.5) is 11.8 Å². The Bertz CT molecular complexity index is 1150. The number of carbonyl (C=O) groups excluding carboxylic acids is 1. The number of aldehydes is 1. The van der Waals surface area contributed by atoms with Gasteiger partial charge in [0.2, 0.25) is 5.95 Å². The van der Waals surface area contributed by atoms with E-state index in [1.54, 1.807) is 13.1 Å². The van der Waals surface area contributed by atoms with Gasteiger partial charge in [-0.05, 0) is 39.2 Å². The number of carbonyl (C=O) groups is 1. The van der Waals surface area contributed by atoms with Gasteiger partial charge in [-0.15, -0.1) is 13.2 Å². The zero-order chi connectivity index (χ0) is 29.2. The Kier molecular flexibility index (Phi) is 15.7. The van der Waals surface area contributed by atoms with E-state index in [0.29, 0.717) is 11.5 Å². The molecule has 0 saturated carbocycles. The van der Waals surface area contributed by atoms with Gasteiger partial charge < -0.3 is 9.64 Å². The van der Waals surface area contributed by atoms with E-state index in [1.807, 2.05) is 32.9 Å². The Hall–Kier alpha value is -3.85. The second kappa shape index (κ2) is 18.4. The van der Waals surface area contributed by atoms with Crippen LogP contribution in [0, 0.1) is 20.8 Å². The minimum atomic E-state index is 0.546. The van der Waals surface area contributed by atoms with E-state index in [0.717, 1.165) is 73.9 Å². The number of hydrazone groups is 1. The lowest BCUT2D eigenvalue weighted by Crippen LogP contribution is -2.37. The summed E-state index contributed by atoms with van der Waals surface area (Å²) in [5, 5.41) is 10.9. The number of H-pyrrole nitrogens is 1. The Balaban J connectivity index is 0.000000489. The summed E-state index contributed by atoms with van der Waals surface area (Å²) in [4.78, 5) is 22.0. The summed E-state index contributed by atoms with van der Waals surface area (Å²) in [6, 6.07) is 8.20. The number of anilines is 2. The zero-order valence-electron chi connectivity index (χ0n) is 24.7. The largest absolute Gasteiger partial charge is 0.378 e. The number of hydrogen-bond acceptors (Lipinski definition) is 8. The average molecular weight is 536 g/mol. The van der Waals surface area contributed by atoms with E-state index in [4.69, 9.17) is 9.72 Å². The normalized spacial score (nSPS) is 12.3. The number of morpholine rings is 1. The summed E-state index contributed by atoms with van der Waals surface area (Å²) < 4.78 is 5.48. The Morgan fingerprint density at radius 3 is 2.31 bits per heavy atom. The summed E-state index contributed by atoms with van der Waals surface area (Å²) in [5.74, 6) is 1.56. The van der Waals surface area contributed by atoms with Crippen LogP contribution in [0.3, 0.4) is 0 Å². The Morgan fingerprint density at radius 1 is 1.10 bits per heavy atom. The number of hydrogen-bond donors (Lipinski definition) is 2. The molecule has 2 N–H and O–H groups in total. The van der Waals surface area contributed by atoms with Gasteiger partial charge in [0.25, 0.3) is 0 Å². The Morgan fingerprint density at radius 2 is 1.79 bits per heavy atom. The molecule has 0 atom stereocenters. The summed E-state index contributed by atoms with van der Waals surface area (Å²) in [7, 11) is 0. The number of ether oxygens (including phenoxy) is 1. The first kappa shape index (κ1) is 33.2. The quantitative estimate of drug-likeness (QED) is 0.169. The van der Waals surface area contributed by atoms with E-state index in [-0.39, 0.29) is 0 Å². The third-order valence-electron chi connectivity index (χ3n) is 5.79. The summed E-state index contributed by atoms with van der Waals surface area (Å²) in [5.41, 5.74) is 9.85. The maximum Gasteiger partial charge on any atom is 0.245 e. The van der Waals surface area contributed by atoms with Crippen LogP contribution < -0.4 is 10.3 Å². The lowest BCUT2D eigenvalue weighted by molar-refractivity contribution is 0.112. The molecule has 0 amide bonds. The zero-order valence-corrected chi connectivity index (χ0v) is 24.7. The van der Waals surface area contributed by atoms with Crippen LogP contribution in [0.2, 0.25) is 0 Å². The lowest BCUT2D eigenvalue weighted by Gasteiger charge is -2.30. The van der Waals surface area contributed by atoms with E-state index in [9.17, 15) is 4.79 Å². The molecule has 212 valence electrons. The minimum absolute atomic E-state index is 0.546. The van der Waals surface area contributed by atoms with Crippen molar-refractivity contribution < 1.29 is 9.53 Å². The number of nitrogens with zero attached hydrogens (tertiary/aromatic N) is 5. The highest BCUT2D eigenvalue weighted by Crippen LogP contribution is 2.24. The molecular weight excluding hydrogens is 490 g/mol. The molecule has 3 aromatic rings. The first-order valence-corrected chi connectivity index (χ1v) is 13.5. The fourth-order valence-corrected chi connectivity index (χ4v) is 3.91. The van der Waals surface area contributed by atoms with Crippen molar-refractivity contribution in [3.8, 4) is 0 Å². The van der Waals surface area contributed by atoms with Gasteiger partial charge in [0.05, 0.1) is 36.4 Å². The topological polar surface area (TPSA) is 108 Å². The van der Waals surface area contributed by atoms with E-state index < -0.39 is 0 Å². The smallest absolute Gasteiger partial charge is 0.245 e. The summed E-state index contributed by atoms with van der Waals surface area (Å²) in [6.07, 6.45) is 4.40. The first-order chi connectivity index (χ1) is 19.0. The van der Waals surface area contributed by atoms with Crippen LogP contribution in [0.5, 0.6) is 0 Å². The molecule has 0 spiro atoms.